The topological polar surface area (TPSA) is 61.1 Å². The minimum absolute atomic E-state index is 0.0669. The zero-order chi connectivity index (χ0) is 19.4. The Morgan fingerprint density at radius 1 is 1.19 bits per heavy atom. The number of pyridine rings is 1. The lowest BCUT2D eigenvalue weighted by Crippen LogP contribution is -2.37. The number of ether oxygens (including phenoxy) is 1. The van der Waals surface area contributed by atoms with Gasteiger partial charge >= 0.3 is 0 Å². The minimum Gasteiger partial charge on any atom is -0.493 e. The Morgan fingerprint density at radius 2 is 1.96 bits per heavy atom. The van der Waals surface area contributed by atoms with Crippen LogP contribution in [-0.4, -0.2) is 41.1 Å². The number of nitrogens with one attached hydrogen (secondary N) is 2. The molecule has 0 unspecified atom stereocenters. The molecular formula is C22H28N3O2. The maximum absolute atomic E-state index is 12.0. The fraction of sp³-hybridized carbons (Fsp3) is 0.409. The van der Waals surface area contributed by atoms with Crippen molar-refractivity contribution < 1.29 is 4.74 Å². The van der Waals surface area contributed by atoms with Crippen LogP contribution in [0.3, 0.4) is 0 Å². The van der Waals surface area contributed by atoms with Gasteiger partial charge in [0, 0.05) is 35.1 Å². The summed E-state index contributed by atoms with van der Waals surface area (Å²) in [7, 11) is 0. The fourth-order valence-electron chi connectivity index (χ4n) is 3.30. The third kappa shape index (κ3) is 4.61. The first kappa shape index (κ1) is 19.2. The Bertz CT molecular complexity index is 951. The van der Waals surface area contributed by atoms with Crippen LogP contribution in [0.2, 0.25) is 0 Å². The summed E-state index contributed by atoms with van der Waals surface area (Å²) in [5.41, 5.74) is 2.27. The van der Waals surface area contributed by atoms with Crippen molar-refractivity contribution in [3.05, 3.63) is 52.9 Å². The molecule has 1 aromatic carbocycles. The van der Waals surface area contributed by atoms with Gasteiger partial charge in [-0.2, -0.15) is 0 Å². The molecule has 0 amide bonds. The lowest BCUT2D eigenvalue weighted by Gasteiger charge is -2.31. The van der Waals surface area contributed by atoms with E-state index >= 15 is 0 Å². The van der Waals surface area contributed by atoms with Crippen LogP contribution in [0.4, 0.5) is 0 Å². The SMILES string of the molecule is CCN(CC)CC(C)(C)COc1ccc2[nH]c(-c3c[c]c[nH]c3=O)cc2c1. The standard InChI is InChI=1S/C22H28N3O2/c1-5-25(6-2)14-22(3,4)15-27-17-9-10-19-16(12-17)13-20(24-19)18-8-7-11-23-21(18)26/h8-13,24H,5-6,14-15H2,1-4H3,(H,23,26). The first-order valence-corrected chi connectivity index (χ1v) is 9.49. The van der Waals surface area contributed by atoms with Gasteiger partial charge in [-0.15, -0.1) is 0 Å². The van der Waals surface area contributed by atoms with E-state index in [-0.39, 0.29) is 11.0 Å². The molecule has 27 heavy (non-hydrogen) atoms. The lowest BCUT2D eigenvalue weighted by molar-refractivity contribution is 0.121. The van der Waals surface area contributed by atoms with Crippen molar-refractivity contribution in [2.24, 2.45) is 5.41 Å². The van der Waals surface area contributed by atoms with E-state index in [0.29, 0.717) is 12.2 Å². The van der Waals surface area contributed by atoms with Crippen molar-refractivity contribution in [3.8, 4) is 17.0 Å². The van der Waals surface area contributed by atoms with E-state index in [9.17, 15) is 4.79 Å². The van der Waals surface area contributed by atoms with E-state index in [1.54, 1.807) is 6.07 Å². The maximum Gasteiger partial charge on any atom is 0.257 e. The molecule has 2 heterocycles. The Balaban J connectivity index is 1.75. The number of aromatic nitrogens is 2. The molecule has 0 aliphatic rings. The van der Waals surface area contributed by atoms with Crippen LogP contribution < -0.4 is 10.3 Å². The van der Waals surface area contributed by atoms with Crippen molar-refractivity contribution in [3.63, 3.8) is 0 Å². The van der Waals surface area contributed by atoms with Gasteiger partial charge < -0.3 is 19.6 Å². The molecule has 5 heteroatoms. The number of aromatic amines is 2. The maximum atomic E-state index is 12.0. The van der Waals surface area contributed by atoms with Gasteiger partial charge in [-0.3, -0.25) is 4.79 Å². The Kier molecular flexibility index (Phi) is 5.71. The Hall–Kier alpha value is -2.53. The predicted octanol–water partition coefficient (Wildman–Crippen LogP) is 4.07. The minimum atomic E-state index is -0.130. The number of H-pyrrole nitrogens is 2. The average Bonchev–Trinajstić information content (AvgIpc) is 3.08. The van der Waals surface area contributed by atoms with Gasteiger partial charge in [0.05, 0.1) is 17.9 Å². The third-order valence-electron chi connectivity index (χ3n) is 4.82. The first-order chi connectivity index (χ1) is 12.9. The van der Waals surface area contributed by atoms with Crippen LogP contribution in [0.25, 0.3) is 22.2 Å². The van der Waals surface area contributed by atoms with Gasteiger partial charge in [0.1, 0.15) is 5.75 Å². The monoisotopic (exact) mass is 366 g/mol. The summed E-state index contributed by atoms with van der Waals surface area (Å²) in [6.45, 7) is 12.6. The van der Waals surface area contributed by atoms with Gasteiger partial charge in [0.15, 0.2) is 0 Å². The molecule has 0 atom stereocenters. The zero-order valence-corrected chi connectivity index (χ0v) is 16.6. The summed E-state index contributed by atoms with van der Waals surface area (Å²) < 4.78 is 6.09. The van der Waals surface area contributed by atoms with E-state index < -0.39 is 0 Å². The Labute approximate surface area is 160 Å². The number of hydrogen-bond donors (Lipinski definition) is 2. The smallest absolute Gasteiger partial charge is 0.257 e. The van der Waals surface area contributed by atoms with E-state index in [2.05, 4.69) is 48.6 Å². The molecule has 0 saturated carbocycles. The largest absolute Gasteiger partial charge is 0.493 e. The van der Waals surface area contributed by atoms with Crippen molar-refractivity contribution >= 4 is 10.9 Å². The second-order valence-corrected chi connectivity index (χ2v) is 7.69. The van der Waals surface area contributed by atoms with E-state index in [1.807, 2.05) is 24.3 Å². The van der Waals surface area contributed by atoms with E-state index in [4.69, 9.17) is 4.74 Å². The molecule has 3 aromatic rings. The third-order valence-corrected chi connectivity index (χ3v) is 4.82. The summed E-state index contributed by atoms with van der Waals surface area (Å²) in [4.78, 5) is 20.4. The predicted molar refractivity (Wildman–Crippen MR) is 110 cm³/mol. The number of hydrogen-bond acceptors (Lipinski definition) is 3. The quantitative estimate of drug-likeness (QED) is 0.632. The molecule has 5 nitrogen and oxygen atoms in total. The van der Waals surface area contributed by atoms with Crippen LogP contribution in [-0.2, 0) is 0 Å². The fourth-order valence-corrected chi connectivity index (χ4v) is 3.30. The molecule has 0 aliphatic heterocycles. The molecule has 0 bridgehead atoms. The lowest BCUT2D eigenvalue weighted by atomic mass is 9.94. The highest BCUT2D eigenvalue weighted by Crippen LogP contribution is 2.27. The van der Waals surface area contributed by atoms with Gasteiger partial charge in [0.25, 0.3) is 5.56 Å². The van der Waals surface area contributed by atoms with Gasteiger partial charge in [-0.25, -0.2) is 0 Å². The molecule has 3 rings (SSSR count). The second-order valence-electron chi connectivity index (χ2n) is 7.69. The van der Waals surface area contributed by atoms with Gasteiger partial charge in [-0.05, 0) is 43.4 Å². The summed E-state index contributed by atoms with van der Waals surface area (Å²) in [5, 5.41) is 1.02. The Morgan fingerprint density at radius 3 is 2.67 bits per heavy atom. The van der Waals surface area contributed by atoms with Crippen molar-refractivity contribution in [1.82, 2.24) is 14.9 Å². The van der Waals surface area contributed by atoms with Gasteiger partial charge in [-0.1, -0.05) is 27.7 Å². The summed E-state index contributed by atoms with van der Waals surface area (Å²) in [6, 6.07) is 12.6. The second kappa shape index (κ2) is 8.01. The zero-order valence-electron chi connectivity index (χ0n) is 16.6. The van der Waals surface area contributed by atoms with Crippen molar-refractivity contribution in [2.45, 2.75) is 27.7 Å². The first-order valence-electron chi connectivity index (χ1n) is 9.49. The number of fused-ring (bicyclic) bond motifs is 1. The van der Waals surface area contributed by atoms with Crippen LogP contribution in [0.5, 0.6) is 5.75 Å². The molecule has 2 aromatic heterocycles. The number of nitrogens with zero attached hydrogens (tertiary/aromatic N) is 1. The molecule has 0 saturated heterocycles. The van der Waals surface area contributed by atoms with Crippen LogP contribution in [0.1, 0.15) is 27.7 Å². The molecule has 2 N–H and O–H groups in total. The molecule has 0 spiro atoms. The van der Waals surface area contributed by atoms with Gasteiger partial charge in [0.2, 0.25) is 0 Å². The molecule has 0 fully saturated rings. The van der Waals surface area contributed by atoms with E-state index in [0.717, 1.165) is 42.0 Å². The molecule has 0 aliphatic carbocycles. The molecule has 143 valence electrons. The highest BCUT2D eigenvalue weighted by Gasteiger charge is 2.21. The summed E-state index contributed by atoms with van der Waals surface area (Å²) in [6.07, 6.45) is 1.51. The van der Waals surface area contributed by atoms with E-state index in [1.165, 1.54) is 6.20 Å². The normalized spacial score (nSPS) is 12.0. The number of rotatable bonds is 8. The summed E-state index contributed by atoms with van der Waals surface area (Å²) in [5.74, 6) is 0.842. The highest BCUT2D eigenvalue weighted by atomic mass is 16.5. The van der Waals surface area contributed by atoms with Crippen LogP contribution in [0.15, 0.2) is 41.3 Å². The van der Waals surface area contributed by atoms with Crippen LogP contribution >= 0.6 is 0 Å². The average molecular weight is 366 g/mol. The van der Waals surface area contributed by atoms with Crippen molar-refractivity contribution in [2.75, 3.05) is 26.2 Å². The molecule has 1 radical (unpaired) electrons. The van der Waals surface area contributed by atoms with Crippen molar-refractivity contribution in [1.29, 1.82) is 0 Å². The summed E-state index contributed by atoms with van der Waals surface area (Å²) >= 11 is 0. The highest BCUT2D eigenvalue weighted by molar-refractivity contribution is 5.86. The van der Waals surface area contributed by atoms with Crippen LogP contribution in [0, 0.1) is 11.5 Å². The molecular weight excluding hydrogens is 338 g/mol. The number of benzene rings is 1.